The van der Waals surface area contributed by atoms with E-state index in [4.69, 9.17) is 11.5 Å². The maximum Gasteiger partial charge on any atom is 0.231 e. The minimum atomic E-state index is -0.298. The standard InChI is InChI=1S/C17H29N3O/c1-4-6-11-20(12-16(19)21)17(15(18)5-2)14-10-8-7-9-13(14)3/h7-10,15,17H,4-6,11-12,18H2,1-3H3,(H2,19,21). The highest BCUT2D eigenvalue weighted by atomic mass is 16.1. The Kier molecular flexibility index (Phi) is 7.40. The van der Waals surface area contributed by atoms with Gasteiger partial charge in [0.25, 0.3) is 0 Å². The number of nitrogens with two attached hydrogens (primary N) is 2. The average Bonchev–Trinajstić information content (AvgIpc) is 2.45. The summed E-state index contributed by atoms with van der Waals surface area (Å²) >= 11 is 0. The van der Waals surface area contributed by atoms with Crippen molar-refractivity contribution in [1.82, 2.24) is 4.90 Å². The summed E-state index contributed by atoms with van der Waals surface area (Å²) in [6.07, 6.45) is 2.98. The summed E-state index contributed by atoms with van der Waals surface area (Å²) in [7, 11) is 0. The molecule has 0 saturated carbocycles. The topological polar surface area (TPSA) is 72.3 Å². The first-order valence-electron chi connectivity index (χ1n) is 7.84. The van der Waals surface area contributed by atoms with Crippen molar-refractivity contribution in [2.45, 2.75) is 52.1 Å². The fourth-order valence-corrected chi connectivity index (χ4v) is 2.72. The largest absolute Gasteiger partial charge is 0.369 e. The van der Waals surface area contributed by atoms with Gasteiger partial charge < -0.3 is 11.5 Å². The number of aryl methyl sites for hydroxylation is 1. The molecule has 1 rings (SSSR count). The lowest BCUT2D eigenvalue weighted by molar-refractivity contribution is -0.119. The summed E-state index contributed by atoms with van der Waals surface area (Å²) in [5, 5.41) is 0. The number of rotatable bonds is 9. The highest BCUT2D eigenvalue weighted by Gasteiger charge is 2.27. The van der Waals surface area contributed by atoms with Crippen LogP contribution in [-0.4, -0.2) is 29.9 Å². The summed E-state index contributed by atoms with van der Waals surface area (Å²) < 4.78 is 0. The minimum Gasteiger partial charge on any atom is -0.369 e. The van der Waals surface area contributed by atoms with Crippen LogP contribution in [0.3, 0.4) is 0 Å². The van der Waals surface area contributed by atoms with Crippen LogP contribution in [0.4, 0.5) is 0 Å². The van der Waals surface area contributed by atoms with Crippen molar-refractivity contribution in [3.05, 3.63) is 35.4 Å². The molecule has 118 valence electrons. The van der Waals surface area contributed by atoms with Crippen LogP contribution in [0, 0.1) is 6.92 Å². The molecule has 4 nitrogen and oxygen atoms in total. The summed E-state index contributed by atoms with van der Waals surface area (Å²) in [5.41, 5.74) is 14.2. The zero-order chi connectivity index (χ0) is 15.8. The zero-order valence-corrected chi connectivity index (χ0v) is 13.5. The molecule has 0 aliphatic rings. The number of benzene rings is 1. The van der Waals surface area contributed by atoms with E-state index >= 15 is 0 Å². The Morgan fingerprint density at radius 1 is 1.29 bits per heavy atom. The van der Waals surface area contributed by atoms with E-state index in [0.717, 1.165) is 25.8 Å². The lowest BCUT2D eigenvalue weighted by atomic mass is 9.92. The molecule has 0 spiro atoms. The Balaban J connectivity index is 3.13. The maximum atomic E-state index is 11.4. The molecule has 0 radical (unpaired) electrons. The van der Waals surface area contributed by atoms with Crippen molar-refractivity contribution in [3.8, 4) is 0 Å². The average molecular weight is 291 g/mol. The van der Waals surface area contributed by atoms with Crippen molar-refractivity contribution < 1.29 is 4.79 Å². The molecule has 1 aromatic carbocycles. The molecule has 21 heavy (non-hydrogen) atoms. The van der Waals surface area contributed by atoms with Crippen LogP contribution < -0.4 is 11.5 Å². The predicted molar refractivity (Wildman–Crippen MR) is 87.9 cm³/mol. The summed E-state index contributed by atoms with van der Waals surface area (Å²) in [4.78, 5) is 13.6. The van der Waals surface area contributed by atoms with Gasteiger partial charge in [-0.05, 0) is 37.4 Å². The van der Waals surface area contributed by atoms with Gasteiger partial charge in [0, 0.05) is 6.04 Å². The fraction of sp³-hybridized carbons (Fsp3) is 0.588. The van der Waals surface area contributed by atoms with E-state index < -0.39 is 0 Å². The summed E-state index contributed by atoms with van der Waals surface area (Å²) in [6, 6.07) is 8.28. The maximum absolute atomic E-state index is 11.4. The molecule has 0 aromatic heterocycles. The smallest absolute Gasteiger partial charge is 0.231 e. The third kappa shape index (κ3) is 5.14. The molecular formula is C17H29N3O. The number of carbonyl (C=O) groups is 1. The van der Waals surface area contributed by atoms with Gasteiger partial charge >= 0.3 is 0 Å². The Hall–Kier alpha value is -1.39. The first-order valence-corrected chi connectivity index (χ1v) is 7.84. The van der Waals surface area contributed by atoms with E-state index in [0.29, 0.717) is 0 Å². The number of hydrogen-bond acceptors (Lipinski definition) is 3. The second-order valence-corrected chi connectivity index (χ2v) is 5.66. The lowest BCUT2D eigenvalue weighted by Gasteiger charge is -2.35. The summed E-state index contributed by atoms with van der Waals surface area (Å²) in [5.74, 6) is -0.298. The predicted octanol–water partition coefficient (Wildman–Crippen LogP) is 2.36. The molecule has 1 amide bonds. The minimum absolute atomic E-state index is 0.0118. The molecule has 0 heterocycles. The second-order valence-electron chi connectivity index (χ2n) is 5.66. The van der Waals surface area contributed by atoms with Crippen molar-refractivity contribution in [2.75, 3.05) is 13.1 Å². The number of unbranched alkanes of at least 4 members (excludes halogenated alkanes) is 1. The van der Waals surface area contributed by atoms with Crippen LogP contribution in [-0.2, 0) is 4.79 Å². The van der Waals surface area contributed by atoms with Crippen LogP contribution in [0.1, 0.15) is 50.3 Å². The molecule has 0 aliphatic carbocycles. The molecule has 2 atom stereocenters. The van der Waals surface area contributed by atoms with E-state index in [1.807, 2.05) is 12.1 Å². The Bertz CT molecular complexity index is 447. The quantitative estimate of drug-likeness (QED) is 0.733. The number of carbonyl (C=O) groups excluding carboxylic acids is 1. The molecule has 0 saturated heterocycles. The SMILES string of the molecule is CCCCN(CC(N)=O)C(c1ccccc1C)C(N)CC. The van der Waals surface area contributed by atoms with Gasteiger partial charge in [-0.2, -0.15) is 0 Å². The van der Waals surface area contributed by atoms with Gasteiger partial charge in [0.2, 0.25) is 5.91 Å². The van der Waals surface area contributed by atoms with Crippen LogP contribution in [0.2, 0.25) is 0 Å². The molecule has 0 bridgehead atoms. The molecule has 4 N–H and O–H groups in total. The van der Waals surface area contributed by atoms with Gasteiger partial charge in [-0.15, -0.1) is 0 Å². The van der Waals surface area contributed by atoms with Crippen LogP contribution in [0.25, 0.3) is 0 Å². The number of primary amides is 1. The Morgan fingerprint density at radius 2 is 1.95 bits per heavy atom. The highest BCUT2D eigenvalue weighted by molar-refractivity contribution is 5.76. The van der Waals surface area contributed by atoms with Crippen molar-refractivity contribution in [2.24, 2.45) is 11.5 Å². The third-order valence-corrected chi connectivity index (χ3v) is 3.94. The molecule has 1 aromatic rings. The molecule has 4 heteroatoms. The molecule has 2 unspecified atom stereocenters. The Morgan fingerprint density at radius 3 is 2.48 bits per heavy atom. The van der Waals surface area contributed by atoms with Crippen LogP contribution in [0.15, 0.2) is 24.3 Å². The van der Waals surface area contributed by atoms with E-state index in [1.54, 1.807) is 0 Å². The van der Waals surface area contributed by atoms with Gasteiger partial charge in [-0.25, -0.2) is 0 Å². The first kappa shape index (κ1) is 17.7. The number of nitrogens with zero attached hydrogens (tertiary/aromatic N) is 1. The molecular weight excluding hydrogens is 262 g/mol. The van der Waals surface area contributed by atoms with Gasteiger partial charge in [-0.1, -0.05) is 44.5 Å². The third-order valence-electron chi connectivity index (χ3n) is 3.94. The van der Waals surface area contributed by atoms with Crippen molar-refractivity contribution in [1.29, 1.82) is 0 Å². The van der Waals surface area contributed by atoms with Gasteiger partial charge in [-0.3, -0.25) is 9.69 Å². The van der Waals surface area contributed by atoms with E-state index in [1.165, 1.54) is 11.1 Å². The molecule has 0 aliphatic heterocycles. The number of amides is 1. The van der Waals surface area contributed by atoms with Crippen LogP contribution >= 0.6 is 0 Å². The second kappa shape index (κ2) is 8.80. The lowest BCUT2D eigenvalue weighted by Crippen LogP contribution is -2.45. The highest BCUT2D eigenvalue weighted by Crippen LogP contribution is 2.28. The summed E-state index contributed by atoms with van der Waals surface area (Å²) in [6.45, 7) is 7.41. The monoisotopic (exact) mass is 291 g/mol. The van der Waals surface area contributed by atoms with Gasteiger partial charge in [0.05, 0.1) is 12.6 Å². The van der Waals surface area contributed by atoms with Gasteiger partial charge in [0.1, 0.15) is 0 Å². The van der Waals surface area contributed by atoms with Crippen LogP contribution in [0.5, 0.6) is 0 Å². The number of hydrogen-bond donors (Lipinski definition) is 2. The van der Waals surface area contributed by atoms with Crippen molar-refractivity contribution in [3.63, 3.8) is 0 Å². The first-order chi connectivity index (χ1) is 10.0. The normalized spacial score (nSPS) is 14.1. The van der Waals surface area contributed by atoms with Crippen molar-refractivity contribution >= 4 is 5.91 Å². The van der Waals surface area contributed by atoms with E-state index in [-0.39, 0.29) is 24.5 Å². The van der Waals surface area contributed by atoms with Gasteiger partial charge in [0.15, 0.2) is 0 Å². The van der Waals surface area contributed by atoms with E-state index in [2.05, 4.69) is 37.8 Å². The van der Waals surface area contributed by atoms with E-state index in [9.17, 15) is 4.79 Å². The zero-order valence-electron chi connectivity index (χ0n) is 13.5. The molecule has 0 fully saturated rings. The Labute approximate surface area is 128 Å². The fourth-order valence-electron chi connectivity index (χ4n) is 2.72.